The highest BCUT2D eigenvalue weighted by atomic mass is 19.1. The van der Waals surface area contributed by atoms with Crippen molar-refractivity contribution in [2.45, 2.75) is 6.42 Å². The van der Waals surface area contributed by atoms with Crippen molar-refractivity contribution in [2.75, 3.05) is 0 Å². The van der Waals surface area contributed by atoms with Gasteiger partial charge >= 0.3 is 0 Å². The Kier molecular flexibility index (Phi) is 4.50. The summed E-state index contributed by atoms with van der Waals surface area (Å²) in [7, 11) is 0. The second-order valence-corrected chi connectivity index (χ2v) is 4.32. The minimum Gasteiger partial charge on any atom is -0.507 e. The number of aromatic hydroxyl groups is 1. The van der Waals surface area contributed by atoms with Crippen LogP contribution in [0.25, 0.3) is 0 Å². The predicted octanol–water partition coefficient (Wildman–Crippen LogP) is 1.53. The van der Waals surface area contributed by atoms with Crippen molar-refractivity contribution in [3.63, 3.8) is 0 Å². The van der Waals surface area contributed by atoms with Crippen LogP contribution in [0.1, 0.15) is 15.9 Å². The lowest BCUT2D eigenvalue weighted by Gasteiger charge is -2.08. The molecule has 0 spiro atoms. The Labute approximate surface area is 120 Å². The standard InChI is InChI=1S/C15H13FN2O3/c16-11-7-5-10(6-8-11)9-14(20)17-18-15(21)12-3-1-2-4-13(12)19/h1-8,19H,9H2,(H,17,20)(H,18,21). The van der Waals surface area contributed by atoms with Crippen molar-refractivity contribution in [1.29, 1.82) is 0 Å². The summed E-state index contributed by atoms with van der Waals surface area (Å²) >= 11 is 0. The number of hydrogen-bond acceptors (Lipinski definition) is 3. The van der Waals surface area contributed by atoms with Crippen LogP contribution in [-0.4, -0.2) is 16.9 Å². The normalized spacial score (nSPS) is 9.95. The molecular weight excluding hydrogens is 275 g/mol. The van der Waals surface area contributed by atoms with E-state index in [4.69, 9.17) is 0 Å². The number of amides is 2. The second-order valence-electron chi connectivity index (χ2n) is 4.32. The minimum atomic E-state index is -0.624. The first-order valence-corrected chi connectivity index (χ1v) is 6.18. The molecule has 0 heterocycles. The third kappa shape index (κ3) is 4.04. The maximum atomic E-state index is 12.7. The summed E-state index contributed by atoms with van der Waals surface area (Å²) in [4.78, 5) is 23.4. The molecule has 0 aliphatic rings. The van der Waals surface area contributed by atoms with Crippen LogP contribution in [0.4, 0.5) is 4.39 Å². The summed E-state index contributed by atoms with van der Waals surface area (Å²) in [5, 5.41) is 9.50. The molecule has 5 nitrogen and oxygen atoms in total. The van der Waals surface area contributed by atoms with Gasteiger partial charge in [0.2, 0.25) is 5.91 Å². The van der Waals surface area contributed by atoms with Gasteiger partial charge in [-0.1, -0.05) is 24.3 Å². The molecule has 0 saturated heterocycles. The second kappa shape index (κ2) is 6.51. The molecule has 2 amide bonds. The van der Waals surface area contributed by atoms with E-state index < -0.39 is 11.8 Å². The monoisotopic (exact) mass is 288 g/mol. The molecule has 0 aromatic heterocycles. The third-order valence-corrected chi connectivity index (χ3v) is 2.74. The molecule has 0 aliphatic heterocycles. The zero-order valence-corrected chi connectivity index (χ0v) is 11.0. The van der Waals surface area contributed by atoms with Crippen LogP contribution in [0.2, 0.25) is 0 Å². The number of carbonyl (C=O) groups is 2. The molecule has 0 fully saturated rings. The molecule has 0 aliphatic carbocycles. The Morgan fingerprint density at radius 1 is 1.00 bits per heavy atom. The van der Waals surface area contributed by atoms with Crippen molar-refractivity contribution in [3.05, 3.63) is 65.5 Å². The number of para-hydroxylation sites is 1. The number of rotatable bonds is 3. The van der Waals surface area contributed by atoms with E-state index in [2.05, 4.69) is 10.9 Å². The lowest BCUT2D eigenvalue weighted by atomic mass is 10.1. The van der Waals surface area contributed by atoms with Gasteiger partial charge in [-0.15, -0.1) is 0 Å². The number of hydrogen-bond donors (Lipinski definition) is 3. The van der Waals surface area contributed by atoms with Crippen LogP contribution in [0.5, 0.6) is 5.75 Å². The topological polar surface area (TPSA) is 78.4 Å². The predicted molar refractivity (Wildman–Crippen MR) is 73.8 cm³/mol. The van der Waals surface area contributed by atoms with Gasteiger partial charge < -0.3 is 5.11 Å². The van der Waals surface area contributed by atoms with E-state index in [0.29, 0.717) is 5.56 Å². The van der Waals surface area contributed by atoms with Crippen molar-refractivity contribution in [3.8, 4) is 5.75 Å². The quantitative estimate of drug-likeness (QED) is 0.750. The number of phenolic OH excluding ortho intramolecular Hbond substituents is 1. The van der Waals surface area contributed by atoms with Gasteiger partial charge in [-0.2, -0.15) is 0 Å². The number of hydrazine groups is 1. The molecule has 108 valence electrons. The lowest BCUT2D eigenvalue weighted by Crippen LogP contribution is -2.42. The Bertz CT molecular complexity index is 656. The van der Waals surface area contributed by atoms with Crippen LogP contribution in [-0.2, 0) is 11.2 Å². The summed E-state index contributed by atoms with van der Waals surface area (Å²) in [6.07, 6.45) is 0.00132. The fourth-order valence-electron chi connectivity index (χ4n) is 1.69. The van der Waals surface area contributed by atoms with Crippen molar-refractivity contribution >= 4 is 11.8 Å². The van der Waals surface area contributed by atoms with Crippen molar-refractivity contribution in [1.82, 2.24) is 10.9 Å². The molecule has 0 bridgehead atoms. The highest BCUT2D eigenvalue weighted by Crippen LogP contribution is 2.14. The highest BCUT2D eigenvalue weighted by Gasteiger charge is 2.11. The van der Waals surface area contributed by atoms with E-state index in [0.717, 1.165) is 0 Å². The number of carbonyl (C=O) groups excluding carboxylic acids is 2. The smallest absolute Gasteiger partial charge is 0.273 e. The van der Waals surface area contributed by atoms with E-state index in [1.165, 1.54) is 36.4 Å². The largest absolute Gasteiger partial charge is 0.507 e. The van der Waals surface area contributed by atoms with Crippen LogP contribution >= 0.6 is 0 Å². The van der Waals surface area contributed by atoms with Crippen LogP contribution in [0, 0.1) is 5.82 Å². The van der Waals surface area contributed by atoms with E-state index in [1.807, 2.05) is 0 Å². The van der Waals surface area contributed by atoms with Gasteiger partial charge in [0.15, 0.2) is 0 Å². The molecule has 2 aromatic carbocycles. The van der Waals surface area contributed by atoms with Gasteiger partial charge in [0, 0.05) is 0 Å². The number of halogens is 1. The van der Waals surface area contributed by atoms with Crippen molar-refractivity contribution < 1.29 is 19.1 Å². The first-order chi connectivity index (χ1) is 10.1. The van der Waals surface area contributed by atoms with E-state index in [9.17, 15) is 19.1 Å². The molecule has 2 rings (SSSR count). The number of phenols is 1. The summed E-state index contributed by atoms with van der Waals surface area (Å²) < 4.78 is 12.7. The zero-order chi connectivity index (χ0) is 15.2. The summed E-state index contributed by atoms with van der Waals surface area (Å²) in [6.45, 7) is 0. The molecular formula is C15H13FN2O3. The number of benzene rings is 2. The molecule has 0 atom stereocenters. The van der Waals surface area contributed by atoms with E-state index in [1.54, 1.807) is 12.1 Å². The Hall–Kier alpha value is -2.89. The maximum absolute atomic E-state index is 12.7. The SMILES string of the molecule is O=C(Cc1ccc(F)cc1)NNC(=O)c1ccccc1O. The highest BCUT2D eigenvalue weighted by molar-refractivity contribution is 5.97. The van der Waals surface area contributed by atoms with Gasteiger partial charge in [0.25, 0.3) is 5.91 Å². The third-order valence-electron chi connectivity index (χ3n) is 2.74. The number of nitrogens with one attached hydrogen (secondary N) is 2. The average molecular weight is 288 g/mol. The van der Waals surface area contributed by atoms with Crippen molar-refractivity contribution in [2.24, 2.45) is 0 Å². The molecule has 0 unspecified atom stereocenters. The van der Waals surface area contributed by atoms with Crippen LogP contribution < -0.4 is 10.9 Å². The molecule has 3 N–H and O–H groups in total. The lowest BCUT2D eigenvalue weighted by molar-refractivity contribution is -0.121. The van der Waals surface area contributed by atoms with Gasteiger partial charge in [-0.3, -0.25) is 20.4 Å². The van der Waals surface area contributed by atoms with E-state index in [-0.39, 0.29) is 23.6 Å². The molecule has 0 radical (unpaired) electrons. The minimum absolute atomic E-state index is 0.00132. The molecule has 21 heavy (non-hydrogen) atoms. The van der Waals surface area contributed by atoms with Crippen LogP contribution in [0.15, 0.2) is 48.5 Å². The Morgan fingerprint density at radius 3 is 2.33 bits per heavy atom. The molecule has 6 heteroatoms. The fraction of sp³-hybridized carbons (Fsp3) is 0.0667. The van der Waals surface area contributed by atoms with Crippen LogP contribution in [0.3, 0.4) is 0 Å². The fourth-order valence-corrected chi connectivity index (χ4v) is 1.69. The van der Waals surface area contributed by atoms with Gasteiger partial charge in [0.1, 0.15) is 11.6 Å². The summed E-state index contributed by atoms with van der Waals surface area (Å²) in [6, 6.07) is 11.5. The average Bonchev–Trinajstić information content (AvgIpc) is 2.48. The molecule has 0 saturated carbocycles. The first kappa shape index (κ1) is 14.5. The first-order valence-electron chi connectivity index (χ1n) is 6.18. The van der Waals surface area contributed by atoms with Gasteiger partial charge in [-0.25, -0.2) is 4.39 Å². The van der Waals surface area contributed by atoms with Gasteiger partial charge in [-0.05, 0) is 29.8 Å². The Balaban J connectivity index is 1.88. The summed E-state index contributed by atoms with van der Waals surface area (Å²) in [5.41, 5.74) is 5.10. The maximum Gasteiger partial charge on any atom is 0.273 e. The van der Waals surface area contributed by atoms with Gasteiger partial charge in [0.05, 0.1) is 12.0 Å². The molecule has 2 aromatic rings. The zero-order valence-electron chi connectivity index (χ0n) is 11.0. The van der Waals surface area contributed by atoms with E-state index >= 15 is 0 Å². The Morgan fingerprint density at radius 2 is 1.67 bits per heavy atom. The summed E-state index contributed by atoms with van der Waals surface area (Å²) in [5.74, 6) is -1.64.